The van der Waals surface area contributed by atoms with E-state index >= 15 is 0 Å². The zero-order chi connectivity index (χ0) is 17.5. The summed E-state index contributed by atoms with van der Waals surface area (Å²) in [5.74, 6) is -0.727. The molecule has 24 heavy (non-hydrogen) atoms. The van der Waals surface area contributed by atoms with E-state index in [2.05, 4.69) is 16.8 Å². The van der Waals surface area contributed by atoms with Crippen LogP contribution in [0.25, 0.3) is 0 Å². The molecule has 1 aromatic carbocycles. The lowest BCUT2D eigenvalue weighted by Crippen LogP contribution is -2.43. The highest BCUT2D eigenvalue weighted by atomic mass is 32.2. The van der Waals surface area contributed by atoms with Crippen molar-refractivity contribution < 1.29 is 18.3 Å². The van der Waals surface area contributed by atoms with Gasteiger partial charge in [-0.1, -0.05) is 6.07 Å². The predicted molar refractivity (Wildman–Crippen MR) is 90.0 cm³/mol. The van der Waals surface area contributed by atoms with Crippen molar-refractivity contribution in [2.24, 2.45) is 0 Å². The van der Waals surface area contributed by atoms with Gasteiger partial charge in [-0.2, -0.15) is 8.42 Å². The van der Waals surface area contributed by atoms with Crippen LogP contribution in [0.5, 0.6) is 5.75 Å². The molecule has 0 radical (unpaired) electrons. The Kier molecular flexibility index (Phi) is 4.41. The Morgan fingerprint density at radius 3 is 2.42 bits per heavy atom. The summed E-state index contributed by atoms with van der Waals surface area (Å²) in [7, 11) is -1.83. The van der Waals surface area contributed by atoms with E-state index in [1.165, 1.54) is 0 Å². The van der Waals surface area contributed by atoms with Gasteiger partial charge in [-0.25, -0.2) is 9.03 Å². The first-order valence-electron chi connectivity index (χ1n) is 7.83. The minimum absolute atomic E-state index is 0.126. The Hall–Kier alpha value is -1.84. The van der Waals surface area contributed by atoms with Crippen molar-refractivity contribution in [2.75, 3.05) is 44.1 Å². The van der Waals surface area contributed by atoms with Crippen molar-refractivity contribution >= 4 is 21.8 Å². The number of amides is 1. The van der Waals surface area contributed by atoms with Crippen molar-refractivity contribution in [3.05, 3.63) is 23.3 Å². The van der Waals surface area contributed by atoms with Gasteiger partial charge in [0.15, 0.2) is 0 Å². The Bertz CT molecular complexity index is 734. The molecule has 2 aliphatic rings. The van der Waals surface area contributed by atoms with Crippen LogP contribution in [0, 0.1) is 6.92 Å². The van der Waals surface area contributed by atoms with Gasteiger partial charge in [0.1, 0.15) is 12.3 Å². The highest BCUT2D eigenvalue weighted by molar-refractivity contribution is 7.92. The molecule has 1 aromatic rings. The number of likely N-dealkylation sites (N-methyl/N-ethyl adjacent to an activating group) is 1. The second-order valence-electron chi connectivity index (χ2n) is 6.40. The number of phenols is 1. The van der Waals surface area contributed by atoms with E-state index in [9.17, 15) is 18.3 Å². The summed E-state index contributed by atoms with van der Waals surface area (Å²) in [6, 6.07) is 3.45. The average molecular weight is 354 g/mol. The zero-order valence-electron chi connectivity index (χ0n) is 13.8. The fourth-order valence-electron chi connectivity index (χ4n) is 3.16. The molecule has 9 heteroatoms. The quantitative estimate of drug-likeness (QED) is 0.769. The largest absolute Gasteiger partial charge is 0.506 e. The predicted octanol–water partition coefficient (Wildman–Crippen LogP) is -0.371. The van der Waals surface area contributed by atoms with E-state index in [-0.39, 0.29) is 18.0 Å². The van der Waals surface area contributed by atoms with E-state index in [0.717, 1.165) is 36.0 Å². The number of phenolic OH excluding ortho intramolecular Hbond substituents is 1. The molecular formula is C15H22N4O4S. The molecule has 0 spiro atoms. The third-order valence-electron chi connectivity index (χ3n) is 4.41. The van der Waals surface area contributed by atoms with Crippen LogP contribution in [0.3, 0.4) is 0 Å². The number of piperazine rings is 1. The van der Waals surface area contributed by atoms with E-state index in [4.69, 9.17) is 0 Å². The first-order valence-corrected chi connectivity index (χ1v) is 9.27. The molecule has 132 valence electrons. The second-order valence-corrected chi connectivity index (χ2v) is 7.99. The fourth-order valence-corrected chi connectivity index (χ4v) is 4.39. The minimum atomic E-state index is -3.92. The van der Waals surface area contributed by atoms with Crippen LogP contribution in [0.4, 0.5) is 5.69 Å². The van der Waals surface area contributed by atoms with Crippen LogP contribution >= 0.6 is 0 Å². The van der Waals surface area contributed by atoms with Gasteiger partial charge < -0.3 is 10.0 Å². The average Bonchev–Trinajstić information content (AvgIpc) is 2.74. The first-order chi connectivity index (χ1) is 11.3. The third kappa shape index (κ3) is 3.33. The lowest BCUT2D eigenvalue weighted by atomic mass is 10.1. The van der Waals surface area contributed by atoms with Gasteiger partial charge in [-0.15, -0.1) is 0 Å². The van der Waals surface area contributed by atoms with Crippen LogP contribution < -0.4 is 9.03 Å². The van der Waals surface area contributed by atoms with Crippen molar-refractivity contribution in [1.82, 2.24) is 14.5 Å². The van der Waals surface area contributed by atoms with Gasteiger partial charge >= 0.3 is 10.2 Å². The Labute approximate surface area is 141 Å². The van der Waals surface area contributed by atoms with Gasteiger partial charge in [-0.05, 0) is 31.2 Å². The summed E-state index contributed by atoms with van der Waals surface area (Å²) < 4.78 is 26.8. The van der Waals surface area contributed by atoms with E-state index in [1.54, 1.807) is 13.0 Å². The molecule has 2 aliphatic heterocycles. The van der Waals surface area contributed by atoms with Crippen LogP contribution in [0.1, 0.15) is 11.1 Å². The maximum absolute atomic E-state index is 12.0. The monoisotopic (exact) mass is 354 g/mol. The number of aryl methyl sites for hydroxylation is 1. The molecule has 2 heterocycles. The highest BCUT2D eigenvalue weighted by Crippen LogP contribution is 2.35. The summed E-state index contributed by atoms with van der Waals surface area (Å²) in [6.45, 7) is 6.04. The maximum Gasteiger partial charge on any atom is 0.326 e. The summed E-state index contributed by atoms with van der Waals surface area (Å²) in [5.41, 5.74) is 1.71. The number of nitrogens with zero attached hydrogens (tertiary/aromatic N) is 3. The van der Waals surface area contributed by atoms with Crippen molar-refractivity contribution in [3.8, 4) is 5.75 Å². The number of benzene rings is 1. The Balaban J connectivity index is 1.83. The molecule has 3 rings (SSSR count). The maximum atomic E-state index is 12.0. The third-order valence-corrected chi connectivity index (χ3v) is 5.79. The molecule has 0 bridgehead atoms. The molecule has 8 nitrogen and oxygen atoms in total. The van der Waals surface area contributed by atoms with Crippen molar-refractivity contribution in [3.63, 3.8) is 0 Å². The Morgan fingerprint density at radius 1 is 1.21 bits per heavy atom. The molecule has 0 saturated carbocycles. The van der Waals surface area contributed by atoms with Crippen LogP contribution in [-0.4, -0.2) is 69.0 Å². The van der Waals surface area contributed by atoms with Crippen molar-refractivity contribution in [2.45, 2.75) is 13.5 Å². The summed E-state index contributed by atoms with van der Waals surface area (Å²) in [6.07, 6.45) is 0. The molecule has 1 amide bonds. The van der Waals surface area contributed by atoms with Gasteiger partial charge in [0.25, 0.3) is 5.91 Å². The number of rotatable bonds is 3. The summed E-state index contributed by atoms with van der Waals surface area (Å²) in [4.78, 5) is 16.0. The van der Waals surface area contributed by atoms with E-state index in [0.29, 0.717) is 12.1 Å². The van der Waals surface area contributed by atoms with Crippen LogP contribution in [0.15, 0.2) is 12.1 Å². The van der Waals surface area contributed by atoms with E-state index < -0.39 is 16.1 Å². The molecule has 0 aliphatic carbocycles. The SMILES string of the molecule is Cc1cc(CN2CCN(C)CC2)cc(O)c1N1CC(=O)NS1(=O)=O. The molecule has 2 fully saturated rings. The molecule has 2 N–H and O–H groups in total. The van der Waals surface area contributed by atoms with Gasteiger partial charge in [0.2, 0.25) is 0 Å². The number of carbonyl (C=O) groups is 1. The van der Waals surface area contributed by atoms with Crippen LogP contribution in [0.2, 0.25) is 0 Å². The molecule has 0 aromatic heterocycles. The number of hydrogen-bond acceptors (Lipinski definition) is 6. The van der Waals surface area contributed by atoms with Gasteiger partial charge in [0, 0.05) is 32.7 Å². The molecular weight excluding hydrogens is 332 g/mol. The topological polar surface area (TPSA) is 93.2 Å². The van der Waals surface area contributed by atoms with Crippen molar-refractivity contribution in [1.29, 1.82) is 0 Å². The van der Waals surface area contributed by atoms with Crippen LogP contribution in [-0.2, 0) is 21.5 Å². The number of aromatic hydroxyl groups is 1. The first kappa shape index (κ1) is 17.0. The normalized spacial score (nSPS) is 21.9. The minimum Gasteiger partial charge on any atom is -0.506 e. The summed E-state index contributed by atoms with van der Waals surface area (Å²) in [5, 5.41) is 10.4. The summed E-state index contributed by atoms with van der Waals surface area (Å²) >= 11 is 0. The zero-order valence-corrected chi connectivity index (χ0v) is 14.6. The molecule has 0 unspecified atom stereocenters. The molecule has 2 saturated heterocycles. The number of anilines is 1. The van der Waals surface area contributed by atoms with Gasteiger partial charge in [-0.3, -0.25) is 9.69 Å². The van der Waals surface area contributed by atoms with Gasteiger partial charge in [0.05, 0.1) is 5.69 Å². The number of nitrogens with one attached hydrogen (secondary N) is 1. The lowest BCUT2D eigenvalue weighted by Gasteiger charge is -2.32. The fraction of sp³-hybridized carbons (Fsp3) is 0.533. The Morgan fingerprint density at radius 2 is 1.88 bits per heavy atom. The number of carbonyl (C=O) groups excluding carboxylic acids is 1. The highest BCUT2D eigenvalue weighted by Gasteiger charge is 2.36. The second kappa shape index (κ2) is 6.23. The number of hydrogen-bond donors (Lipinski definition) is 2. The lowest BCUT2D eigenvalue weighted by molar-refractivity contribution is -0.117. The van der Waals surface area contributed by atoms with E-state index in [1.807, 2.05) is 10.8 Å². The smallest absolute Gasteiger partial charge is 0.326 e. The molecule has 0 atom stereocenters. The standard InChI is InChI=1S/C15H22N4O4S/c1-11-7-12(9-18-5-3-17(2)4-6-18)8-13(20)15(11)19-10-14(21)16-24(19,22)23/h7-8,20H,3-6,9-10H2,1-2H3,(H,16,21).